The molecule has 3 aromatic rings. The lowest BCUT2D eigenvalue weighted by Crippen LogP contribution is -2.30. The summed E-state index contributed by atoms with van der Waals surface area (Å²) < 4.78 is 55.6. The second kappa shape index (κ2) is 11.9. The first kappa shape index (κ1) is 30.8. The van der Waals surface area contributed by atoms with Crippen molar-refractivity contribution in [3.8, 4) is 6.07 Å². The van der Waals surface area contributed by atoms with Crippen LogP contribution in [0.5, 0.6) is 0 Å². The van der Waals surface area contributed by atoms with Gasteiger partial charge in [-0.25, -0.2) is 16.8 Å². The van der Waals surface area contributed by atoms with E-state index in [0.29, 0.717) is 27.0 Å². The average Bonchev–Trinajstić information content (AvgIpc) is 3.75. The summed E-state index contributed by atoms with van der Waals surface area (Å²) in [6, 6.07) is 25.3. The van der Waals surface area contributed by atoms with Gasteiger partial charge < -0.3 is 4.90 Å². The number of allylic oxidation sites excluding steroid dienone is 5. The van der Waals surface area contributed by atoms with E-state index in [0.717, 1.165) is 91.0 Å². The molecule has 5 aliphatic rings. The maximum Gasteiger partial charge on any atom is 0.206 e. The average molecular weight is 675 g/mol. The highest BCUT2D eigenvalue weighted by atomic mass is 32.2. The van der Waals surface area contributed by atoms with Gasteiger partial charge in [0.2, 0.25) is 15.5 Å². The minimum absolute atomic E-state index is 0.294. The number of benzene rings is 3. The summed E-state index contributed by atoms with van der Waals surface area (Å²) in [4.78, 5) is 3.26. The van der Waals surface area contributed by atoms with Crippen LogP contribution >= 0.6 is 0 Å². The summed E-state index contributed by atoms with van der Waals surface area (Å²) in [6.45, 7) is 1.52. The molecule has 242 valence electrons. The Morgan fingerprint density at radius 2 is 1.54 bits per heavy atom. The van der Waals surface area contributed by atoms with Crippen molar-refractivity contribution in [2.75, 3.05) is 18.0 Å². The molecule has 0 saturated heterocycles. The second-order valence-electron chi connectivity index (χ2n) is 13.2. The molecule has 2 unspecified atom stereocenters. The molecule has 0 bridgehead atoms. The van der Waals surface area contributed by atoms with Crippen molar-refractivity contribution < 1.29 is 21.4 Å². The van der Waals surface area contributed by atoms with Crippen LogP contribution < -0.4 is 4.90 Å². The molecule has 8 rings (SSSR count). The van der Waals surface area contributed by atoms with E-state index in [2.05, 4.69) is 21.6 Å². The molecule has 9 heteroatoms. The summed E-state index contributed by atoms with van der Waals surface area (Å²) in [6.07, 6.45) is 11.7. The van der Waals surface area contributed by atoms with Crippen LogP contribution in [0.25, 0.3) is 0 Å². The molecule has 2 aliphatic heterocycles. The molecule has 2 atom stereocenters. The molecule has 0 radical (unpaired) electrons. The Kier molecular flexibility index (Phi) is 7.61. The van der Waals surface area contributed by atoms with Crippen LogP contribution in [-0.2, 0) is 26.1 Å². The molecule has 48 heavy (non-hydrogen) atoms. The third-order valence-corrected chi connectivity index (χ3v) is 14.4. The Hall–Kier alpha value is -4.52. The van der Waals surface area contributed by atoms with Gasteiger partial charge in [-0.2, -0.15) is 9.84 Å². The lowest BCUT2D eigenvalue weighted by Gasteiger charge is -2.33. The van der Waals surface area contributed by atoms with E-state index in [1.807, 2.05) is 36.4 Å². The fraction of sp³-hybridized carbons (Fsp3) is 0.282. The quantitative estimate of drug-likeness (QED) is 0.280. The molecule has 3 aliphatic carbocycles. The number of nitrogens with zero attached hydrogens (tertiary/aromatic N) is 3. The molecule has 7 nitrogen and oxygen atoms in total. The van der Waals surface area contributed by atoms with Gasteiger partial charge in [-0.1, -0.05) is 42.5 Å². The fourth-order valence-electron chi connectivity index (χ4n) is 8.11. The Balaban J connectivity index is 1.10. The van der Waals surface area contributed by atoms with E-state index in [-0.39, 0.29) is 0 Å². The maximum absolute atomic E-state index is 13.4. The summed E-state index contributed by atoms with van der Waals surface area (Å²) in [5.41, 5.74) is 8.29. The normalized spacial score (nSPS) is 23.8. The number of fused-ring (bicyclic) bond motifs is 2. The van der Waals surface area contributed by atoms with E-state index >= 15 is 0 Å². The molecule has 0 spiro atoms. The minimum atomic E-state index is -3.60. The zero-order valence-electron chi connectivity index (χ0n) is 26.5. The highest BCUT2D eigenvalue weighted by Gasteiger charge is 2.41. The van der Waals surface area contributed by atoms with Crippen molar-refractivity contribution in [3.05, 3.63) is 131 Å². The van der Waals surface area contributed by atoms with Gasteiger partial charge in [0.25, 0.3) is 0 Å². The Labute approximate surface area is 282 Å². The van der Waals surface area contributed by atoms with Crippen molar-refractivity contribution in [1.29, 1.82) is 5.26 Å². The topological polar surface area (TPSA) is 98.3 Å². The minimum Gasteiger partial charge on any atom is -0.345 e. The standard InChI is InChI=1S/C39H36N3O4S2/c40-26-36-35-25-30(41-21-19-28-23-33(14-17-37(28)41)47(43,44)31-7-3-1-4-8-31)13-11-27(35)12-16-39(36)42-22-20-29-24-34(15-18-38(29)42)48(45,46)32-9-5-2-6-10-32/h1-10,14-15,17-18,23,25,27,34H,11-13,16,19-22,24H2/q+1. The first-order valence-corrected chi connectivity index (χ1v) is 19.7. The van der Waals surface area contributed by atoms with Crippen molar-refractivity contribution in [1.82, 2.24) is 0 Å². The Morgan fingerprint density at radius 3 is 2.29 bits per heavy atom. The Morgan fingerprint density at radius 1 is 0.812 bits per heavy atom. The number of sulfone groups is 2. The summed E-state index contributed by atoms with van der Waals surface area (Å²) in [7, 11) is -7.08. The third-order valence-electron chi connectivity index (χ3n) is 10.6. The van der Waals surface area contributed by atoms with Crippen LogP contribution in [0.15, 0.2) is 140 Å². The summed E-state index contributed by atoms with van der Waals surface area (Å²) >= 11 is 0. The molecule has 0 amide bonds. The number of rotatable bonds is 5. The van der Waals surface area contributed by atoms with Crippen LogP contribution in [0.2, 0.25) is 0 Å². The van der Waals surface area contributed by atoms with E-state index in [1.165, 1.54) is 5.70 Å². The van der Waals surface area contributed by atoms with E-state index in [1.54, 1.807) is 54.6 Å². The zero-order valence-corrected chi connectivity index (χ0v) is 28.2. The van der Waals surface area contributed by atoms with Crippen LogP contribution in [0.1, 0.15) is 44.1 Å². The molecule has 0 saturated carbocycles. The van der Waals surface area contributed by atoms with Gasteiger partial charge in [0.15, 0.2) is 22.1 Å². The van der Waals surface area contributed by atoms with Crippen LogP contribution in [0.3, 0.4) is 0 Å². The van der Waals surface area contributed by atoms with Crippen molar-refractivity contribution >= 4 is 31.1 Å². The highest BCUT2D eigenvalue weighted by Crippen LogP contribution is 2.43. The summed E-state index contributed by atoms with van der Waals surface area (Å²) in [5.74, 6) is 0.325. The van der Waals surface area contributed by atoms with Gasteiger partial charge in [0.1, 0.15) is 11.6 Å². The highest BCUT2D eigenvalue weighted by molar-refractivity contribution is 7.92. The van der Waals surface area contributed by atoms with Gasteiger partial charge in [-0.15, -0.1) is 0 Å². The largest absolute Gasteiger partial charge is 0.345 e. The monoisotopic (exact) mass is 674 g/mol. The molecular formula is C39H36N3O4S2+. The number of anilines is 1. The predicted octanol–water partition coefficient (Wildman–Crippen LogP) is 6.70. The first-order valence-electron chi connectivity index (χ1n) is 16.6. The molecular weight excluding hydrogens is 639 g/mol. The Bertz CT molecular complexity index is 2260. The van der Waals surface area contributed by atoms with Crippen molar-refractivity contribution in [3.63, 3.8) is 0 Å². The number of nitriles is 1. The van der Waals surface area contributed by atoms with E-state index in [4.69, 9.17) is 0 Å². The molecule has 0 N–H and O–H groups in total. The van der Waals surface area contributed by atoms with Gasteiger partial charge in [-0.05, 0) is 97.7 Å². The third kappa shape index (κ3) is 5.10. The van der Waals surface area contributed by atoms with Gasteiger partial charge >= 0.3 is 0 Å². The molecule has 3 aromatic carbocycles. The fourth-order valence-corrected chi connectivity index (χ4v) is 11.0. The van der Waals surface area contributed by atoms with Crippen molar-refractivity contribution in [2.24, 2.45) is 5.92 Å². The van der Waals surface area contributed by atoms with E-state index < -0.39 is 24.9 Å². The first-order chi connectivity index (χ1) is 23.3. The van der Waals surface area contributed by atoms with Gasteiger partial charge in [0, 0.05) is 42.4 Å². The molecule has 0 fully saturated rings. The molecule has 2 heterocycles. The van der Waals surface area contributed by atoms with Gasteiger partial charge in [-0.3, -0.25) is 0 Å². The van der Waals surface area contributed by atoms with Gasteiger partial charge in [0.05, 0.1) is 19.9 Å². The van der Waals surface area contributed by atoms with Crippen molar-refractivity contribution in [2.45, 2.75) is 64.9 Å². The van der Waals surface area contributed by atoms with E-state index in [9.17, 15) is 22.1 Å². The predicted molar refractivity (Wildman–Crippen MR) is 185 cm³/mol. The smallest absolute Gasteiger partial charge is 0.206 e. The van der Waals surface area contributed by atoms with Crippen LogP contribution in [0.4, 0.5) is 5.69 Å². The zero-order chi connectivity index (χ0) is 33.0. The summed E-state index contributed by atoms with van der Waals surface area (Å²) in [5, 5.41) is 9.99. The molecule has 0 aromatic heterocycles. The van der Waals surface area contributed by atoms with Crippen LogP contribution in [0, 0.1) is 17.2 Å². The number of hydrogen-bond acceptors (Lipinski definition) is 6. The lowest BCUT2D eigenvalue weighted by atomic mass is 9.76. The lowest BCUT2D eigenvalue weighted by molar-refractivity contribution is -0.462. The van der Waals surface area contributed by atoms with Crippen LogP contribution in [-0.4, -0.2) is 45.5 Å². The SMILES string of the molecule is N#CC1=C2C=C(N3CCc4cc(S(=O)(=O)c5ccccc5)ccc43)CCC2CCC1=[N+]1CCC2=C1C=CC(S(=O)(=O)c1ccccc1)C2. The second-order valence-corrected chi connectivity index (χ2v) is 17.3. The maximum atomic E-state index is 13.4. The number of hydrogen-bond donors (Lipinski definition) is 0.